The van der Waals surface area contributed by atoms with Gasteiger partial charge in [0.25, 0.3) is 5.91 Å². The van der Waals surface area contributed by atoms with Crippen molar-refractivity contribution in [3.63, 3.8) is 0 Å². The van der Waals surface area contributed by atoms with E-state index in [0.717, 1.165) is 25.8 Å². The van der Waals surface area contributed by atoms with Crippen LogP contribution in [0.1, 0.15) is 19.3 Å². The smallest absolute Gasteiger partial charge is 0.251 e. The number of carbonyl (C=O) groups is 1. The lowest BCUT2D eigenvalue weighted by atomic mass is 10.1. The summed E-state index contributed by atoms with van der Waals surface area (Å²) in [6.07, 6.45) is 6.06. The zero-order valence-electron chi connectivity index (χ0n) is 12.1. The molecule has 1 atom stereocenters. The van der Waals surface area contributed by atoms with Crippen molar-refractivity contribution in [2.24, 2.45) is 0 Å². The number of amides is 1. The molecule has 0 aromatic heterocycles. The minimum absolute atomic E-state index is 0.0380. The molecule has 0 aromatic carbocycles. The molecule has 1 amide bonds. The lowest BCUT2D eigenvalue weighted by Crippen LogP contribution is -2.36. The second-order valence-electron chi connectivity index (χ2n) is 4.66. The van der Waals surface area contributed by atoms with E-state index in [4.69, 9.17) is 24.4 Å². The molecule has 0 spiro atoms. The Kier molecular flexibility index (Phi) is 7.92. The maximum atomic E-state index is 12.1. The number of carbonyl (C=O) groups excluding carboxylic acids is 1. The molecule has 3 N–H and O–H groups in total. The highest BCUT2D eigenvalue weighted by atomic mass is 32.1. The van der Waals surface area contributed by atoms with Crippen molar-refractivity contribution >= 4 is 40.6 Å². The van der Waals surface area contributed by atoms with Crippen LogP contribution >= 0.6 is 24.4 Å². The van der Waals surface area contributed by atoms with Crippen molar-refractivity contribution in [2.45, 2.75) is 25.3 Å². The summed E-state index contributed by atoms with van der Waals surface area (Å²) in [6.45, 7) is 9.14. The Hall–Kier alpha value is -1.47. The summed E-state index contributed by atoms with van der Waals surface area (Å²) in [5, 5.41) is 10.3. The SMILES string of the molecule is C=CCNC(=S)NCCCC[C@@H]1NC(=S)N(CC=C)C1=O. The van der Waals surface area contributed by atoms with Gasteiger partial charge in [-0.2, -0.15) is 0 Å². The Bertz CT molecular complexity index is 425. The minimum atomic E-state index is -0.205. The van der Waals surface area contributed by atoms with Crippen LogP contribution in [0.15, 0.2) is 25.3 Å². The van der Waals surface area contributed by atoms with Crippen LogP contribution in [-0.2, 0) is 4.79 Å². The first-order valence-electron chi connectivity index (χ1n) is 6.95. The summed E-state index contributed by atoms with van der Waals surface area (Å²) in [6, 6.07) is -0.205. The Morgan fingerprint density at radius 3 is 2.76 bits per heavy atom. The lowest BCUT2D eigenvalue weighted by Gasteiger charge is -2.12. The van der Waals surface area contributed by atoms with Gasteiger partial charge in [0.05, 0.1) is 0 Å². The Morgan fingerprint density at radius 1 is 1.33 bits per heavy atom. The van der Waals surface area contributed by atoms with Crippen LogP contribution in [0.3, 0.4) is 0 Å². The zero-order chi connectivity index (χ0) is 15.7. The number of unbranched alkanes of at least 4 members (excludes halogenated alkanes) is 1. The molecule has 0 unspecified atom stereocenters. The number of hydrogen-bond acceptors (Lipinski definition) is 3. The maximum absolute atomic E-state index is 12.1. The van der Waals surface area contributed by atoms with Crippen LogP contribution in [0.4, 0.5) is 0 Å². The fourth-order valence-electron chi connectivity index (χ4n) is 1.98. The molecule has 116 valence electrons. The second-order valence-corrected chi connectivity index (χ2v) is 5.46. The van der Waals surface area contributed by atoms with Crippen molar-refractivity contribution in [1.29, 1.82) is 0 Å². The Labute approximate surface area is 136 Å². The van der Waals surface area contributed by atoms with Crippen molar-refractivity contribution < 1.29 is 4.79 Å². The summed E-state index contributed by atoms with van der Waals surface area (Å²) in [5.74, 6) is 0.0380. The second kappa shape index (κ2) is 9.46. The van der Waals surface area contributed by atoms with Gasteiger partial charge in [-0.25, -0.2) is 0 Å². The molecule has 0 bridgehead atoms. The van der Waals surface area contributed by atoms with Crippen molar-refractivity contribution in [2.75, 3.05) is 19.6 Å². The topological polar surface area (TPSA) is 56.4 Å². The van der Waals surface area contributed by atoms with Crippen molar-refractivity contribution in [3.05, 3.63) is 25.3 Å². The molecule has 0 radical (unpaired) electrons. The highest BCUT2D eigenvalue weighted by Crippen LogP contribution is 2.12. The van der Waals surface area contributed by atoms with Gasteiger partial charge in [0.1, 0.15) is 6.04 Å². The summed E-state index contributed by atoms with van der Waals surface area (Å²) in [5.41, 5.74) is 0. The molecule has 5 nitrogen and oxygen atoms in total. The molecule has 0 aliphatic carbocycles. The summed E-state index contributed by atoms with van der Waals surface area (Å²) >= 11 is 10.2. The van der Waals surface area contributed by atoms with E-state index < -0.39 is 0 Å². The predicted molar refractivity (Wildman–Crippen MR) is 94.1 cm³/mol. The average molecular weight is 326 g/mol. The van der Waals surface area contributed by atoms with Gasteiger partial charge in [0, 0.05) is 19.6 Å². The average Bonchev–Trinajstić information content (AvgIpc) is 2.73. The van der Waals surface area contributed by atoms with Crippen LogP contribution < -0.4 is 16.0 Å². The van der Waals surface area contributed by atoms with E-state index in [0.29, 0.717) is 23.3 Å². The van der Waals surface area contributed by atoms with Gasteiger partial charge < -0.3 is 16.0 Å². The normalized spacial score (nSPS) is 17.3. The molecule has 0 aromatic rings. The molecule has 1 heterocycles. The molecule has 1 saturated heterocycles. The van der Waals surface area contributed by atoms with Crippen LogP contribution in [0.2, 0.25) is 0 Å². The molecular weight excluding hydrogens is 304 g/mol. The van der Waals surface area contributed by atoms with Crippen LogP contribution in [-0.4, -0.2) is 46.7 Å². The zero-order valence-corrected chi connectivity index (χ0v) is 13.7. The first kappa shape index (κ1) is 17.6. The number of rotatable bonds is 9. The van der Waals surface area contributed by atoms with Gasteiger partial charge in [0.2, 0.25) is 0 Å². The van der Waals surface area contributed by atoms with E-state index in [2.05, 4.69) is 29.1 Å². The van der Waals surface area contributed by atoms with Crippen LogP contribution in [0, 0.1) is 0 Å². The van der Waals surface area contributed by atoms with Gasteiger partial charge in [-0.05, 0) is 43.7 Å². The highest BCUT2D eigenvalue weighted by Gasteiger charge is 2.33. The highest BCUT2D eigenvalue weighted by molar-refractivity contribution is 7.80. The third kappa shape index (κ3) is 5.81. The van der Waals surface area contributed by atoms with E-state index in [1.807, 2.05) is 0 Å². The molecule has 1 aliphatic heterocycles. The summed E-state index contributed by atoms with van der Waals surface area (Å²) < 4.78 is 0. The molecule has 7 heteroatoms. The Balaban J connectivity index is 2.17. The summed E-state index contributed by atoms with van der Waals surface area (Å²) in [4.78, 5) is 13.6. The summed E-state index contributed by atoms with van der Waals surface area (Å²) in [7, 11) is 0. The van der Waals surface area contributed by atoms with E-state index in [-0.39, 0.29) is 11.9 Å². The van der Waals surface area contributed by atoms with Gasteiger partial charge >= 0.3 is 0 Å². The number of thiocarbonyl (C=S) groups is 2. The molecule has 1 aliphatic rings. The monoisotopic (exact) mass is 326 g/mol. The van der Waals surface area contributed by atoms with Crippen LogP contribution in [0.5, 0.6) is 0 Å². The van der Waals surface area contributed by atoms with Gasteiger partial charge in [-0.1, -0.05) is 12.2 Å². The fraction of sp³-hybridized carbons (Fsp3) is 0.500. The molecule has 1 fully saturated rings. The van der Waals surface area contributed by atoms with Gasteiger partial charge in [-0.15, -0.1) is 13.2 Å². The van der Waals surface area contributed by atoms with E-state index in [1.165, 1.54) is 0 Å². The first-order chi connectivity index (χ1) is 10.1. The molecule has 1 rings (SSSR count). The van der Waals surface area contributed by atoms with Crippen molar-refractivity contribution in [3.8, 4) is 0 Å². The first-order valence-corrected chi connectivity index (χ1v) is 7.77. The van der Waals surface area contributed by atoms with E-state index in [9.17, 15) is 4.79 Å². The molecule has 21 heavy (non-hydrogen) atoms. The van der Waals surface area contributed by atoms with Crippen LogP contribution in [0.25, 0.3) is 0 Å². The Morgan fingerprint density at radius 2 is 2.10 bits per heavy atom. The number of nitrogens with zero attached hydrogens (tertiary/aromatic N) is 1. The third-order valence-electron chi connectivity index (χ3n) is 3.03. The third-order valence-corrected chi connectivity index (χ3v) is 3.66. The lowest BCUT2D eigenvalue weighted by molar-refractivity contribution is -0.126. The molecular formula is C14H22N4OS2. The standard InChI is InChI=1S/C14H22N4OS2/c1-3-8-15-13(20)16-9-6-5-7-11-12(19)18(10-4-2)14(21)17-11/h3-4,11H,1-2,5-10H2,(H,17,21)(H2,15,16,20)/t11-/m0/s1. The van der Waals surface area contributed by atoms with Gasteiger partial charge in [-0.3, -0.25) is 9.69 Å². The number of nitrogens with one attached hydrogen (secondary N) is 3. The predicted octanol–water partition coefficient (Wildman–Crippen LogP) is 1.08. The number of hydrogen-bond donors (Lipinski definition) is 3. The minimum Gasteiger partial charge on any atom is -0.363 e. The van der Waals surface area contributed by atoms with Gasteiger partial charge in [0.15, 0.2) is 10.2 Å². The molecule has 0 saturated carbocycles. The largest absolute Gasteiger partial charge is 0.363 e. The maximum Gasteiger partial charge on any atom is 0.251 e. The van der Waals surface area contributed by atoms with E-state index in [1.54, 1.807) is 17.1 Å². The fourth-order valence-corrected chi connectivity index (χ4v) is 2.47. The van der Waals surface area contributed by atoms with Crippen molar-refractivity contribution in [1.82, 2.24) is 20.9 Å². The van der Waals surface area contributed by atoms with E-state index >= 15 is 0 Å². The quantitative estimate of drug-likeness (QED) is 0.335.